The molecule has 0 saturated heterocycles. The van der Waals surface area contributed by atoms with Crippen LogP contribution in [0.2, 0.25) is 0 Å². The minimum atomic E-state index is -0.636. The molecule has 1 aromatic heterocycles. The van der Waals surface area contributed by atoms with Gasteiger partial charge in [-0.1, -0.05) is 30.3 Å². The third kappa shape index (κ3) is 3.27. The molecule has 1 heterocycles. The molecule has 0 unspecified atom stereocenters. The first-order valence-corrected chi connectivity index (χ1v) is 7.52. The number of ether oxygens (including phenoxy) is 1. The first kappa shape index (κ1) is 15.7. The Morgan fingerprint density at radius 3 is 2.79 bits per heavy atom. The summed E-state index contributed by atoms with van der Waals surface area (Å²) in [6.45, 7) is 3.47. The summed E-state index contributed by atoms with van der Waals surface area (Å²) in [7, 11) is 0. The lowest BCUT2D eigenvalue weighted by Crippen LogP contribution is -2.21. The fourth-order valence-corrected chi connectivity index (χ4v) is 2.38. The van der Waals surface area contributed by atoms with Crippen LogP contribution < -0.4 is 5.32 Å². The van der Waals surface area contributed by atoms with E-state index in [2.05, 4.69) is 15.5 Å². The number of amides is 1. The molecule has 122 valence electrons. The van der Waals surface area contributed by atoms with Crippen molar-refractivity contribution >= 4 is 28.5 Å². The number of nitrogens with one attached hydrogen (secondary N) is 2. The maximum absolute atomic E-state index is 12.1. The number of aryl methyl sites for hydroxylation is 2. The van der Waals surface area contributed by atoms with E-state index < -0.39 is 11.9 Å². The topological polar surface area (TPSA) is 84.1 Å². The molecule has 3 aromatic rings. The van der Waals surface area contributed by atoms with Gasteiger partial charge in [-0.25, -0.2) is 4.79 Å². The van der Waals surface area contributed by atoms with E-state index in [1.54, 1.807) is 6.07 Å². The van der Waals surface area contributed by atoms with Crippen LogP contribution >= 0.6 is 0 Å². The number of hydrogen-bond donors (Lipinski definition) is 2. The van der Waals surface area contributed by atoms with Gasteiger partial charge in [-0.2, -0.15) is 5.10 Å². The summed E-state index contributed by atoms with van der Waals surface area (Å²) in [6, 6.07) is 13.0. The van der Waals surface area contributed by atoms with Gasteiger partial charge < -0.3 is 10.1 Å². The third-order valence-electron chi connectivity index (χ3n) is 3.67. The number of aromatic amines is 1. The normalized spacial score (nSPS) is 10.6. The molecule has 0 atom stereocenters. The van der Waals surface area contributed by atoms with E-state index >= 15 is 0 Å². The number of fused-ring (bicyclic) bond motifs is 1. The van der Waals surface area contributed by atoms with Crippen molar-refractivity contribution in [3.05, 3.63) is 59.3 Å². The van der Waals surface area contributed by atoms with Crippen LogP contribution in [0.4, 0.5) is 5.69 Å². The predicted molar refractivity (Wildman–Crippen MR) is 90.9 cm³/mol. The molecular weight excluding hydrogens is 306 g/mol. The van der Waals surface area contributed by atoms with Gasteiger partial charge in [-0.3, -0.25) is 9.89 Å². The molecule has 0 fully saturated rings. The fourth-order valence-electron chi connectivity index (χ4n) is 2.38. The number of aromatic nitrogens is 2. The Morgan fingerprint density at radius 1 is 1.17 bits per heavy atom. The number of carbonyl (C=O) groups excluding carboxylic acids is 2. The first-order valence-electron chi connectivity index (χ1n) is 7.52. The predicted octanol–water partition coefficient (Wildman–Crippen LogP) is 2.98. The zero-order valence-corrected chi connectivity index (χ0v) is 13.4. The quantitative estimate of drug-likeness (QED) is 0.723. The Balaban J connectivity index is 1.64. The lowest BCUT2D eigenvalue weighted by molar-refractivity contribution is -0.119. The summed E-state index contributed by atoms with van der Waals surface area (Å²) in [5.41, 5.74) is 3.60. The molecule has 3 rings (SSSR count). The van der Waals surface area contributed by atoms with E-state index in [9.17, 15) is 9.59 Å². The molecule has 1 amide bonds. The summed E-state index contributed by atoms with van der Waals surface area (Å²) in [6.07, 6.45) is 0. The Morgan fingerprint density at radius 2 is 1.96 bits per heavy atom. The molecule has 0 saturated carbocycles. The monoisotopic (exact) mass is 323 g/mol. The summed E-state index contributed by atoms with van der Waals surface area (Å²) in [5.74, 6) is -1.03. The molecule has 24 heavy (non-hydrogen) atoms. The number of nitrogens with zero attached hydrogens (tertiary/aromatic N) is 1. The van der Waals surface area contributed by atoms with Crippen LogP contribution in [0.5, 0.6) is 0 Å². The van der Waals surface area contributed by atoms with Crippen molar-refractivity contribution in [2.75, 3.05) is 11.9 Å². The molecule has 0 aliphatic carbocycles. The molecule has 6 nitrogen and oxygen atoms in total. The molecule has 0 bridgehead atoms. The van der Waals surface area contributed by atoms with Crippen LogP contribution in [0.3, 0.4) is 0 Å². The van der Waals surface area contributed by atoms with Crippen LogP contribution in [0.25, 0.3) is 10.9 Å². The fraction of sp³-hybridized carbons (Fsp3) is 0.167. The molecule has 6 heteroatoms. The number of carbonyl (C=O) groups is 2. The van der Waals surface area contributed by atoms with Crippen molar-refractivity contribution in [2.45, 2.75) is 13.8 Å². The summed E-state index contributed by atoms with van der Waals surface area (Å²) >= 11 is 0. The van der Waals surface area contributed by atoms with Gasteiger partial charge >= 0.3 is 5.97 Å². The van der Waals surface area contributed by atoms with Gasteiger partial charge in [-0.15, -0.1) is 0 Å². The number of para-hydroxylation sites is 1. The SMILES string of the molecule is Cc1ccc(C)c(NC(=O)COC(=O)c2n[nH]c3ccccc23)c1. The van der Waals surface area contributed by atoms with Crippen LogP contribution in [0.15, 0.2) is 42.5 Å². The highest BCUT2D eigenvalue weighted by Gasteiger charge is 2.16. The molecule has 2 N–H and O–H groups in total. The number of hydrogen-bond acceptors (Lipinski definition) is 4. The van der Waals surface area contributed by atoms with Crippen LogP contribution in [0.1, 0.15) is 21.6 Å². The molecule has 0 spiro atoms. The van der Waals surface area contributed by atoms with Gasteiger partial charge in [0, 0.05) is 11.1 Å². The number of rotatable bonds is 4. The average Bonchev–Trinajstić information content (AvgIpc) is 3.00. The lowest BCUT2D eigenvalue weighted by atomic mass is 10.1. The molecule has 0 aliphatic heterocycles. The highest BCUT2D eigenvalue weighted by atomic mass is 16.5. The van der Waals surface area contributed by atoms with Crippen molar-refractivity contribution in [2.24, 2.45) is 0 Å². The Bertz CT molecular complexity index is 915. The zero-order valence-electron chi connectivity index (χ0n) is 13.4. The van der Waals surface area contributed by atoms with E-state index in [0.717, 1.165) is 16.6 Å². The number of benzene rings is 2. The van der Waals surface area contributed by atoms with Crippen molar-refractivity contribution in [3.8, 4) is 0 Å². The minimum Gasteiger partial charge on any atom is -0.451 e. The van der Waals surface area contributed by atoms with Gasteiger partial charge in [0.05, 0.1) is 5.52 Å². The second-order valence-corrected chi connectivity index (χ2v) is 5.56. The van der Waals surface area contributed by atoms with Crippen molar-refractivity contribution in [1.82, 2.24) is 10.2 Å². The second kappa shape index (κ2) is 6.54. The van der Waals surface area contributed by atoms with Gasteiger partial charge in [0.1, 0.15) is 0 Å². The zero-order chi connectivity index (χ0) is 17.1. The van der Waals surface area contributed by atoms with E-state index in [1.165, 1.54) is 0 Å². The summed E-state index contributed by atoms with van der Waals surface area (Å²) in [4.78, 5) is 24.1. The van der Waals surface area contributed by atoms with Crippen LogP contribution in [-0.4, -0.2) is 28.7 Å². The van der Waals surface area contributed by atoms with Gasteiger partial charge in [0.15, 0.2) is 12.3 Å². The highest BCUT2D eigenvalue weighted by molar-refractivity contribution is 6.03. The molecular formula is C18H17N3O3. The molecule has 2 aromatic carbocycles. The smallest absolute Gasteiger partial charge is 0.359 e. The Kier molecular flexibility index (Phi) is 4.29. The third-order valence-corrected chi connectivity index (χ3v) is 3.67. The van der Waals surface area contributed by atoms with Gasteiger partial charge in [0.25, 0.3) is 5.91 Å². The van der Waals surface area contributed by atoms with Crippen molar-refractivity contribution in [3.63, 3.8) is 0 Å². The number of anilines is 1. The van der Waals surface area contributed by atoms with E-state index in [1.807, 2.05) is 50.2 Å². The molecule has 0 aliphatic rings. The summed E-state index contributed by atoms with van der Waals surface area (Å²) < 4.78 is 5.07. The Labute approximate surface area is 138 Å². The maximum atomic E-state index is 12.1. The number of esters is 1. The van der Waals surface area contributed by atoms with Crippen LogP contribution in [-0.2, 0) is 9.53 Å². The van der Waals surface area contributed by atoms with E-state index in [0.29, 0.717) is 11.1 Å². The maximum Gasteiger partial charge on any atom is 0.359 e. The van der Waals surface area contributed by atoms with Gasteiger partial charge in [0.2, 0.25) is 0 Å². The van der Waals surface area contributed by atoms with Gasteiger partial charge in [-0.05, 0) is 37.1 Å². The standard InChI is InChI=1S/C18H17N3O3/c1-11-7-8-12(2)15(9-11)19-16(22)10-24-18(23)17-13-5-3-4-6-14(13)20-21-17/h3-9H,10H2,1-2H3,(H,19,22)(H,20,21). The summed E-state index contributed by atoms with van der Waals surface area (Å²) in [5, 5.41) is 10.1. The van der Waals surface area contributed by atoms with E-state index in [-0.39, 0.29) is 12.3 Å². The van der Waals surface area contributed by atoms with Crippen molar-refractivity contribution in [1.29, 1.82) is 0 Å². The van der Waals surface area contributed by atoms with E-state index in [4.69, 9.17) is 4.74 Å². The highest BCUT2D eigenvalue weighted by Crippen LogP contribution is 2.17. The average molecular weight is 323 g/mol. The largest absolute Gasteiger partial charge is 0.451 e. The molecule has 0 radical (unpaired) electrons. The number of H-pyrrole nitrogens is 1. The lowest BCUT2D eigenvalue weighted by Gasteiger charge is -2.09. The minimum absolute atomic E-state index is 0.171. The van der Waals surface area contributed by atoms with Crippen molar-refractivity contribution < 1.29 is 14.3 Å². The Hall–Kier alpha value is -3.15. The second-order valence-electron chi connectivity index (χ2n) is 5.56. The first-order chi connectivity index (χ1) is 11.5. The van der Waals surface area contributed by atoms with Crippen LogP contribution in [0, 0.1) is 13.8 Å².